The molecule has 0 saturated heterocycles. The number of alkyl halides is 3. The fraction of sp³-hybridized carbons (Fsp3) is 0.0732. The highest BCUT2D eigenvalue weighted by atomic mass is 19.4. The summed E-state index contributed by atoms with van der Waals surface area (Å²) in [5.74, 6) is 0. The van der Waals surface area contributed by atoms with E-state index in [1.807, 2.05) is 95.8 Å². The summed E-state index contributed by atoms with van der Waals surface area (Å²) in [6.07, 6.45) is -4.62. The lowest BCUT2D eigenvalue weighted by atomic mass is 9.94. The van der Waals surface area contributed by atoms with Crippen molar-refractivity contribution in [3.05, 3.63) is 143 Å². The first kappa shape index (κ1) is 29.1. The maximum atomic E-state index is 13.9. The number of nitrogens with zero attached hydrogens (tertiary/aromatic N) is 4. The summed E-state index contributed by atoms with van der Waals surface area (Å²) >= 11 is 0. The summed E-state index contributed by atoms with van der Waals surface area (Å²) in [7, 11) is 0. The molecule has 0 saturated carbocycles. The van der Waals surface area contributed by atoms with Crippen molar-refractivity contribution in [3.8, 4) is 34.6 Å². The lowest BCUT2D eigenvalue weighted by Gasteiger charge is -2.20. The molecule has 6 aromatic carbocycles. The van der Waals surface area contributed by atoms with E-state index in [0.717, 1.165) is 66.9 Å². The number of halogens is 3. The van der Waals surface area contributed by atoms with Crippen LogP contribution in [0.5, 0.6) is 0 Å². The van der Waals surface area contributed by atoms with Crippen LogP contribution in [-0.4, -0.2) is 9.13 Å². The van der Waals surface area contributed by atoms with Crippen molar-refractivity contribution < 1.29 is 13.2 Å². The Kier molecular flexibility index (Phi) is 6.44. The second kappa shape index (κ2) is 10.6. The predicted octanol–water partition coefficient (Wildman–Crippen LogP) is 10.9. The Morgan fingerprint density at radius 1 is 0.500 bits per heavy atom. The third-order valence-corrected chi connectivity index (χ3v) is 9.13. The first-order valence-electron chi connectivity index (χ1n) is 15.4. The van der Waals surface area contributed by atoms with Crippen LogP contribution in [-0.2, 0) is 6.18 Å². The highest BCUT2D eigenvalue weighted by Gasteiger charge is 2.32. The molecular weight excluding hydrogens is 605 g/mol. The largest absolute Gasteiger partial charge is 0.416 e. The normalized spacial score (nSPS) is 11.8. The summed E-state index contributed by atoms with van der Waals surface area (Å²) in [4.78, 5) is 0. The van der Waals surface area contributed by atoms with E-state index in [1.54, 1.807) is 6.07 Å². The summed E-state index contributed by atoms with van der Waals surface area (Å²) in [5.41, 5.74) is 6.96. The van der Waals surface area contributed by atoms with E-state index < -0.39 is 11.7 Å². The number of aryl methyl sites for hydroxylation is 2. The standard InChI is InChI=1S/C41H25F3N4/c1-24-11-14-32-30-7-3-5-9-35(30)47(38(32)17-24)37-21-34(29-16-13-28(41(42,43)44)19-26(29)22-45)40(20-27(37)23-46)48-36-10-6-4-8-31(36)33-15-12-25(2)18-39(33)48/h3-21H,1-2H3. The van der Waals surface area contributed by atoms with Gasteiger partial charge in [-0.1, -0.05) is 66.7 Å². The van der Waals surface area contributed by atoms with Gasteiger partial charge in [-0.25, -0.2) is 0 Å². The van der Waals surface area contributed by atoms with Gasteiger partial charge in [0.15, 0.2) is 0 Å². The van der Waals surface area contributed by atoms with Crippen molar-refractivity contribution >= 4 is 43.6 Å². The Labute approximate surface area is 273 Å². The Morgan fingerprint density at radius 2 is 1.02 bits per heavy atom. The van der Waals surface area contributed by atoms with Crippen LogP contribution in [0.2, 0.25) is 0 Å². The van der Waals surface area contributed by atoms with Crippen LogP contribution in [0.15, 0.2) is 115 Å². The number of rotatable bonds is 3. The van der Waals surface area contributed by atoms with Crippen LogP contribution < -0.4 is 0 Å². The van der Waals surface area contributed by atoms with Crippen LogP contribution in [0, 0.1) is 36.5 Å². The number of para-hydroxylation sites is 2. The Morgan fingerprint density at radius 3 is 1.56 bits per heavy atom. The van der Waals surface area contributed by atoms with Gasteiger partial charge in [-0.2, -0.15) is 23.7 Å². The molecule has 0 N–H and O–H groups in total. The van der Waals surface area contributed by atoms with Crippen LogP contribution in [0.25, 0.3) is 66.1 Å². The summed E-state index contributed by atoms with van der Waals surface area (Å²) in [6, 6.07) is 39.6. The molecule has 2 heterocycles. The maximum Gasteiger partial charge on any atom is 0.416 e. The molecule has 0 atom stereocenters. The van der Waals surface area contributed by atoms with Gasteiger partial charge in [0.1, 0.15) is 6.07 Å². The molecule has 0 unspecified atom stereocenters. The first-order chi connectivity index (χ1) is 23.2. The fourth-order valence-corrected chi connectivity index (χ4v) is 6.98. The summed E-state index contributed by atoms with van der Waals surface area (Å²) in [6.45, 7) is 4.01. The number of hydrogen-bond acceptors (Lipinski definition) is 2. The molecule has 48 heavy (non-hydrogen) atoms. The molecule has 0 aliphatic carbocycles. The topological polar surface area (TPSA) is 57.4 Å². The molecule has 0 fully saturated rings. The lowest BCUT2D eigenvalue weighted by molar-refractivity contribution is -0.137. The molecule has 0 amide bonds. The van der Waals surface area contributed by atoms with E-state index in [2.05, 4.69) is 30.3 Å². The quantitative estimate of drug-likeness (QED) is 0.195. The average molecular weight is 631 g/mol. The van der Waals surface area contributed by atoms with E-state index >= 15 is 0 Å². The fourth-order valence-electron chi connectivity index (χ4n) is 6.98. The van der Waals surface area contributed by atoms with Gasteiger partial charge in [0, 0.05) is 32.7 Å². The van der Waals surface area contributed by atoms with Crippen LogP contribution in [0.3, 0.4) is 0 Å². The molecule has 4 nitrogen and oxygen atoms in total. The van der Waals surface area contributed by atoms with E-state index in [-0.39, 0.29) is 5.56 Å². The van der Waals surface area contributed by atoms with E-state index in [0.29, 0.717) is 28.1 Å². The minimum Gasteiger partial charge on any atom is -0.309 e. The number of hydrogen-bond donors (Lipinski definition) is 0. The summed E-state index contributed by atoms with van der Waals surface area (Å²) < 4.78 is 45.6. The van der Waals surface area contributed by atoms with Gasteiger partial charge in [-0.15, -0.1) is 0 Å². The zero-order valence-electron chi connectivity index (χ0n) is 25.9. The monoisotopic (exact) mass is 630 g/mol. The number of fused-ring (bicyclic) bond motifs is 6. The smallest absolute Gasteiger partial charge is 0.309 e. The first-order valence-corrected chi connectivity index (χ1v) is 15.4. The zero-order chi connectivity index (χ0) is 33.3. The van der Waals surface area contributed by atoms with Gasteiger partial charge in [0.25, 0.3) is 0 Å². The molecule has 230 valence electrons. The molecule has 2 aromatic heterocycles. The Bertz CT molecular complexity index is 2710. The minimum atomic E-state index is -4.62. The maximum absolute atomic E-state index is 13.9. The number of aromatic nitrogens is 2. The van der Waals surface area contributed by atoms with Crippen LogP contribution in [0.1, 0.15) is 27.8 Å². The molecule has 8 rings (SSSR count). The van der Waals surface area contributed by atoms with E-state index in [9.17, 15) is 23.7 Å². The molecule has 0 radical (unpaired) electrons. The Hall–Kier alpha value is -6.31. The molecule has 0 aliphatic heterocycles. The van der Waals surface area contributed by atoms with Gasteiger partial charge in [-0.05, 0) is 73.5 Å². The highest BCUT2D eigenvalue weighted by molar-refractivity contribution is 6.11. The third kappa shape index (κ3) is 4.36. The highest BCUT2D eigenvalue weighted by Crippen LogP contribution is 2.42. The van der Waals surface area contributed by atoms with Crippen LogP contribution in [0.4, 0.5) is 13.2 Å². The zero-order valence-corrected chi connectivity index (χ0v) is 25.9. The molecule has 0 spiro atoms. The lowest BCUT2D eigenvalue weighted by Crippen LogP contribution is -2.07. The van der Waals surface area contributed by atoms with Crippen molar-refractivity contribution in [1.29, 1.82) is 10.5 Å². The van der Waals surface area contributed by atoms with E-state index in [1.165, 1.54) is 6.07 Å². The molecule has 0 bridgehead atoms. The van der Waals surface area contributed by atoms with Gasteiger partial charge < -0.3 is 9.13 Å². The average Bonchev–Trinajstić information content (AvgIpc) is 3.58. The molecular formula is C41H25F3N4. The van der Waals surface area contributed by atoms with Crippen molar-refractivity contribution in [1.82, 2.24) is 9.13 Å². The molecule has 7 heteroatoms. The summed E-state index contributed by atoms with van der Waals surface area (Å²) in [5, 5.41) is 25.0. The third-order valence-electron chi connectivity index (χ3n) is 9.13. The van der Waals surface area contributed by atoms with Crippen LogP contribution >= 0.6 is 0 Å². The second-order valence-electron chi connectivity index (χ2n) is 12.1. The van der Waals surface area contributed by atoms with Gasteiger partial charge >= 0.3 is 6.18 Å². The molecule has 0 aliphatic rings. The van der Waals surface area contributed by atoms with Crippen molar-refractivity contribution in [2.45, 2.75) is 20.0 Å². The number of benzene rings is 6. The predicted molar refractivity (Wildman–Crippen MR) is 184 cm³/mol. The van der Waals surface area contributed by atoms with Crippen molar-refractivity contribution in [3.63, 3.8) is 0 Å². The SMILES string of the molecule is Cc1ccc2c3ccccc3n(-c3cc(-c4ccc(C(F)(F)F)cc4C#N)c(-n4c5ccccc5c5ccc(C)cc54)cc3C#N)c2c1. The van der Waals surface area contributed by atoms with Crippen molar-refractivity contribution in [2.75, 3.05) is 0 Å². The van der Waals surface area contributed by atoms with Crippen molar-refractivity contribution in [2.24, 2.45) is 0 Å². The Balaban J connectivity index is 1.55. The minimum absolute atomic E-state index is 0.114. The van der Waals surface area contributed by atoms with Gasteiger partial charge in [-0.3, -0.25) is 0 Å². The molecule has 8 aromatic rings. The van der Waals surface area contributed by atoms with E-state index in [4.69, 9.17) is 0 Å². The second-order valence-corrected chi connectivity index (χ2v) is 12.1. The van der Waals surface area contributed by atoms with Gasteiger partial charge in [0.05, 0.1) is 56.2 Å². The number of nitriles is 2. The van der Waals surface area contributed by atoms with Gasteiger partial charge in [0.2, 0.25) is 0 Å².